The highest BCUT2D eigenvalue weighted by molar-refractivity contribution is 7.89. The number of carbonyl (C=O) groups excluding carboxylic acids is 1. The average molecular weight is 341 g/mol. The van der Waals surface area contributed by atoms with Crippen molar-refractivity contribution in [1.29, 1.82) is 0 Å². The number of carboxylic acid groups (broad SMARTS) is 1. The highest BCUT2D eigenvalue weighted by Gasteiger charge is 2.16. The molecule has 1 aromatic carbocycles. The molecule has 0 saturated heterocycles. The van der Waals surface area contributed by atoms with E-state index in [1.54, 1.807) is 0 Å². The van der Waals surface area contributed by atoms with E-state index in [0.717, 1.165) is 6.07 Å². The molecule has 0 aromatic heterocycles. The van der Waals surface area contributed by atoms with E-state index in [0.29, 0.717) is 0 Å². The first-order valence-corrected chi connectivity index (χ1v) is 7.39. The first-order chi connectivity index (χ1) is 9.22. The van der Waals surface area contributed by atoms with E-state index in [1.165, 1.54) is 12.1 Å². The Morgan fingerprint density at radius 2 is 1.80 bits per heavy atom. The molecule has 3 N–H and O–H groups in total. The van der Waals surface area contributed by atoms with Gasteiger partial charge in [-0.2, -0.15) is 0 Å². The van der Waals surface area contributed by atoms with E-state index in [9.17, 15) is 18.0 Å². The van der Waals surface area contributed by atoms with Crippen LogP contribution in [-0.2, 0) is 19.6 Å². The van der Waals surface area contributed by atoms with Crippen molar-refractivity contribution < 1.29 is 23.1 Å². The largest absolute Gasteiger partial charge is 0.480 e. The Balaban J connectivity index is 2.68. The summed E-state index contributed by atoms with van der Waals surface area (Å²) in [5, 5.41) is 10.6. The van der Waals surface area contributed by atoms with Crippen molar-refractivity contribution in [1.82, 2.24) is 10.0 Å². The number of sulfonamides is 1. The Bertz CT molecular complexity index is 633. The Labute approximate surface area is 124 Å². The van der Waals surface area contributed by atoms with Crippen LogP contribution in [0.15, 0.2) is 23.1 Å². The Kier molecular flexibility index (Phi) is 5.75. The van der Waals surface area contributed by atoms with Crippen LogP contribution in [0.4, 0.5) is 0 Å². The van der Waals surface area contributed by atoms with Gasteiger partial charge in [-0.05, 0) is 18.2 Å². The van der Waals surface area contributed by atoms with Gasteiger partial charge in [-0.15, -0.1) is 0 Å². The minimum atomic E-state index is -3.93. The fraction of sp³-hybridized carbons (Fsp3) is 0.200. The minimum absolute atomic E-state index is 0.0601. The molecule has 1 rings (SSSR count). The van der Waals surface area contributed by atoms with E-state index in [4.69, 9.17) is 28.3 Å². The summed E-state index contributed by atoms with van der Waals surface area (Å²) in [6.07, 6.45) is 0. The summed E-state index contributed by atoms with van der Waals surface area (Å²) >= 11 is 11.4. The summed E-state index contributed by atoms with van der Waals surface area (Å²) in [4.78, 5) is 21.3. The van der Waals surface area contributed by atoms with Gasteiger partial charge in [0, 0.05) is 0 Å². The molecular weight excluding hydrogens is 331 g/mol. The van der Waals surface area contributed by atoms with Crippen LogP contribution in [0.3, 0.4) is 0 Å². The third-order valence-electron chi connectivity index (χ3n) is 2.06. The lowest BCUT2D eigenvalue weighted by Gasteiger charge is -2.07. The summed E-state index contributed by atoms with van der Waals surface area (Å²) in [6, 6.07) is 3.68. The first-order valence-electron chi connectivity index (χ1n) is 5.15. The van der Waals surface area contributed by atoms with Crippen molar-refractivity contribution >= 4 is 45.1 Å². The fourth-order valence-corrected chi connectivity index (χ4v) is 2.50. The zero-order valence-corrected chi connectivity index (χ0v) is 12.2. The van der Waals surface area contributed by atoms with Crippen molar-refractivity contribution in [3.8, 4) is 0 Å². The lowest BCUT2D eigenvalue weighted by atomic mass is 10.4. The number of hydrogen-bond acceptors (Lipinski definition) is 4. The number of rotatable bonds is 6. The molecule has 20 heavy (non-hydrogen) atoms. The topological polar surface area (TPSA) is 113 Å². The molecule has 0 aliphatic carbocycles. The van der Waals surface area contributed by atoms with Crippen molar-refractivity contribution in [3.63, 3.8) is 0 Å². The number of amides is 1. The van der Waals surface area contributed by atoms with Crippen LogP contribution in [0, 0.1) is 0 Å². The Hall–Kier alpha value is -1.35. The van der Waals surface area contributed by atoms with Crippen molar-refractivity contribution in [2.45, 2.75) is 4.90 Å². The summed E-state index contributed by atoms with van der Waals surface area (Å²) in [6.45, 7) is -1.18. The van der Waals surface area contributed by atoms with Crippen LogP contribution in [0.25, 0.3) is 0 Å². The number of benzene rings is 1. The second kappa shape index (κ2) is 6.89. The molecule has 1 amide bonds. The van der Waals surface area contributed by atoms with Gasteiger partial charge in [0.15, 0.2) is 0 Å². The maximum absolute atomic E-state index is 11.8. The monoisotopic (exact) mass is 340 g/mol. The molecule has 0 unspecified atom stereocenters. The summed E-state index contributed by atoms with van der Waals surface area (Å²) in [5.41, 5.74) is 0. The van der Waals surface area contributed by atoms with E-state index in [1.807, 2.05) is 10.0 Å². The molecule has 0 bridgehead atoms. The van der Waals surface area contributed by atoms with Gasteiger partial charge in [0.25, 0.3) is 0 Å². The van der Waals surface area contributed by atoms with Crippen LogP contribution in [0.1, 0.15) is 0 Å². The molecule has 110 valence electrons. The molecule has 0 atom stereocenters. The third kappa shape index (κ3) is 4.97. The van der Waals surface area contributed by atoms with Gasteiger partial charge in [-0.1, -0.05) is 23.2 Å². The van der Waals surface area contributed by atoms with Gasteiger partial charge in [-0.25, -0.2) is 13.1 Å². The standard InChI is InChI=1S/C10H10Cl2N2O5S/c11-7-2-1-6(3-8(7)12)20(18,19)14-4-9(15)13-5-10(16)17/h1-3,14H,4-5H2,(H,13,15)(H,16,17). The fourth-order valence-electron chi connectivity index (χ4n) is 1.12. The normalized spacial score (nSPS) is 11.1. The molecule has 0 spiro atoms. The van der Waals surface area contributed by atoms with Gasteiger partial charge in [-0.3, -0.25) is 9.59 Å². The maximum atomic E-state index is 11.8. The van der Waals surface area contributed by atoms with Crippen LogP contribution in [0.2, 0.25) is 10.0 Å². The van der Waals surface area contributed by atoms with Crippen LogP contribution >= 0.6 is 23.2 Å². The van der Waals surface area contributed by atoms with Gasteiger partial charge in [0.2, 0.25) is 15.9 Å². The molecule has 0 fully saturated rings. The summed E-state index contributed by atoms with van der Waals surface area (Å²) in [5.74, 6) is -2.00. The van der Waals surface area contributed by atoms with E-state index in [-0.39, 0.29) is 14.9 Å². The van der Waals surface area contributed by atoms with Crippen LogP contribution in [0.5, 0.6) is 0 Å². The summed E-state index contributed by atoms with van der Waals surface area (Å²) < 4.78 is 25.7. The predicted molar refractivity (Wildman–Crippen MR) is 72.3 cm³/mol. The molecule has 0 saturated carbocycles. The van der Waals surface area contributed by atoms with Gasteiger partial charge in [0.05, 0.1) is 21.5 Å². The molecule has 0 aliphatic heterocycles. The Morgan fingerprint density at radius 3 is 2.35 bits per heavy atom. The average Bonchev–Trinajstić information content (AvgIpc) is 2.37. The highest BCUT2D eigenvalue weighted by atomic mass is 35.5. The zero-order valence-electron chi connectivity index (χ0n) is 9.89. The maximum Gasteiger partial charge on any atom is 0.322 e. The van der Waals surface area contributed by atoms with Gasteiger partial charge >= 0.3 is 5.97 Å². The molecular formula is C10H10Cl2N2O5S. The summed E-state index contributed by atoms with van der Waals surface area (Å²) in [7, 11) is -3.93. The molecule has 7 nitrogen and oxygen atoms in total. The first kappa shape index (κ1) is 16.7. The number of aliphatic carboxylic acids is 1. The SMILES string of the molecule is O=C(O)CNC(=O)CNS(=O)(=O)c1ccc(Cl)c(Cl)c1. The Morgan fingerprint density at radius 1 is 1.15 bits per heavy atom. The molecule has 0 radical (unpaired) electrons. The number of hydrogen-bond donors (Lipinski definition) is 3. The van der Waals surface area contributed by atoms with E-state index in [2.05, 4.69) is 0 Å². The predicted octanol–water partition coefficient (Wildman–Crippen LogP) is 0.473. The van der Waals surface area contributed by atoms with E-state index >= 15 is 0 Å². The molecule has 10 heteroatoms. The highest BCUT2D eigenvalue weighted by Crippen LogP contribution is 2.24. The quantitative estimate of drug-likeness (QED) is 0.696. The molecule has 1 aromatic rings. The smallest absolute Gasteiger partial charge is 0.322 e. The minimum Gasteiger partial charge on any atom is -0.480 e. The second-order valence-electron chi connectivity index (χ2n) is 3.57. The van der Waals surface area contributed by atoms with Crippen molar-refractivity contribution in [2.75, 3.05) is 13.1 Å². The zero-order chi connectivity index (χ0) is 15.3. The van der Waals surface area contributed by atoms with E-state index < -0.39 is 35.0 Å². The van der Waals surface area contributed by atoms with Crippen LogP contribution < -0.4 is 10.0 Å². The molecule has 0 heterocycles. The number of nitrogens with one attached hydrogen (secondary N) is 2. The van der Waals surface area contributed by atoms with Crippen LogP contribution in [-0.4, -0.2) is 38.5 Å². The second-order valence-corrected chi connectivity index (χ2v) is 6.15. The van der Waals surface area contributed by atoms with Crippen molar-refractivity contribution in [3.05, 3.63) is 28.2 Å². The lowest BCUT2D eigenvalue weighted by Crippen LogP contribution is -2.38. The number of halogens is 2. The molecule has 0 aliphatic rings. The third-order valence-corrected chi connectivity index (χ3v) is 4.20. The van der Waals surface area contributed by atoms with Gasteiger partial charge < -0.3 is 10.4 Å². The number of carbonyl (C=O) groups is 2. The van der Waals surface area contributed by atoms with Crippen molar-refractivity contribution in [2.24, 2.45) is 0 Å². The lowest BCUT2D eigenvalue weighted by molar-refractivity contribution is -0.137. The number of carboxylic acids is 1. The van der Waals surface area contributed by atoms with Gasteiger partial charge in [0.1, 0.15) is 6.54 Å².